The maximum Gasteiger partial charge on any atom is 0.0738 e. The van der Waals surface area contributed by atoms with Gasteiger partial charge < -0.3 is 5.32 Å². The monoisotopic (exact) mass is 341 g/mol. The second-order valence-corrected chi connectivity index (χ2v) is 7.33. The summed E-state index contributed by atoms with van der Waals surface area (Å²) in [4.78, 5) is 0. The van der Waals surface area contributed by atoms with Crippen LogP contribution in [0.25, 0.3) is 0 Å². The molecule has 1 aromatic rings. The second-order valence-electron chi connectivity index (χ2n) is 6.54. The molecule has 1 saturated carbocycles. The zero-order chi connectivity index (χ0) is 14.8. The first-order valence-electron chi connectivity index (χ1n) is 7.89. The lowest BCUT2D eigenvalue weighted by atomic mass is 9.78. The van der Waals surface area contributed by atoms with Gasteiger partial charge in [0.1, 0.15) is 0 Å². The molecule has 0 saturated heterocycles. The fourth-order valence-corrected chi connectivity index (χ4v) is 4.01. The van der Waals surface area contributed by atoms with Gasteiger partial charge in [-0.3, -0.25) is 4.68 Å². The van der Waals surface area contributed by atoms with Gasteiger partial charge in [-0.1, -0.05) is 26.7 Å². The summed E-state index contributed by atoms with van der Waals surface area (Å²) in [5.74, 6) is 0. The van der Waals surface area contributed by atoms with Gasteiger partial charge >= 0.3 is 0 Å². The molecular formula is C16H28BrN3. The summed E-state index contributed by atoms with van der Waals surface area (Å²) < 4.78 is 3.23. The SMILES string of the molecule is CCCNC(Cc1c(Br)c(C)nn1C)C1(C)CCCC1. The maximum absolute atomic E-state index is 4.54. The summed E-state index contributed by atoms with van der Waals surface area (Å²) in [5, 5.41) is 8.34. The van der Waals surface area contributed by atoms with Gasteiger partial charge in [0.05, 0.1) is 15.9 Å². The van der Waals surface area contributed by atoms with Gasteiger partial charge in [0.15, 0.2) is 0 Å². The third-order valence-electron chi connectivity index (χ3n) is 4.89. The molecule has 0 radical (unpaired) electrons. The molecule has 0 amide bonds. The van der Waals surface area contributed by atoms with E-state index in [0.29, 0.717) is 11.5 Å². The van der Waals surface area contributed by atoms with Crippen LogP contribution in [0.2, 0.25) is 0 Å². The topological polar surface area (TPSA) is 29.9 Å². The van der Waals surface area contributed by atoms with E-state index in [9.17, 15) is 0 Å². The second kappa shape index (κ2) is 6.61. The molecule has 20 heavy (non-hydrogen) atoms. The number of aryl methyl sites for hydroxylation is 2. The molecule has 1 N–H and O–H groups in total. The molecule has 1 heterocycles. The van der Waals surface area contributed by atoms with Crippen molar-refractivity contribution in [3.8, 4) is 0 Å². The smallest absolute Gasteiger partial charge is 0.0738 e. The summed E-state index contributed by atoms with van der Waals surface area (Å²) in [6.45, 7) is 7.88. The van der Waals surface area contributed by atoms with Crippen LogP contribution in [0.3, 0.4) is 0 Å². The molecule has 1 unspecified atom stereocenters. The summed E-state index contributed by atoms with van der Waals surface area (Å²) in [6.07, 6.45) is 7.72. The van der Waals surface area contributed by atoms with E-state index in [0.717, 1.165) is 18.7 Å². The highest BCUT2D eigenvalue weighted by molar-refractivity contribution is 9.10. The summed E-state index contributed by atoms with van der Waals surface area (Å²) in [7, 11) is 2.06. The molecule has 0 aromatic carbocycles. The number of aromatic nitrogens is 2. The molecule has 1 fully saturated rings. The van der Waals surface area contributed by atoms with Crippen LogP contribution in [0.1, 0.15) is 57.3 Å². The Bertz CT molecular complexity index is 447. The minimum Gasteiger partial charge on any atom is -0.313 e. The van der Waals surface area contributed by atoms with Crippen molar-refractivity contribution in [1.29, 1.82) is 0 Å². The molecule has 114 valence electrons. The van der Waals surface area contributed by atoms with Gasteiger partial charge in [0.2, 0.25) is 0 Å². The molecule has 0 aliphatic heterocycles. The average molecular weight is 342 g/mol. The molecule has 1 aliphatic rings. The minimum absolute atomic E-state index is 0.437. The van der Waals surface area contributed by atoms with Crippen molar-refractivity contribution < 1.29 is 0 Å². The Kier molecular flexibility index (Phi) is 5.30. The zero-order valence-electron chi connectivity index (χ0n) is 13.3. The zero-order valence-corrected chi connectivity index (χ0v) is 14.9. The minimum atomic E-state index is 0.437. The largest absolute Gasteiger partial charge is 0.313 e. The van der Waals surface area contributed by atoms with E-state index in [1.165, 1.54) is 42.3 Å². The number of rotatable bonds is 6. The maximum atomic E-state index is 4.54. The summed E-state index contributed by atoms with van der Waals surface area (Å²) >= 11 is 3.71. The molecule has 3 nitrogen and oxygen atoms in total. The van der Waals surface area contributed by atoms with Crippen LogP contribution in [0.4, 0.5) is 0 Å². The number of nitrogens with zero attached hydrogens (tertiary/aromatic N) is 2. The van der Waals surface area contributed by atoms with Crippen molar-refractivity contribution >= 4 is 15.9 Å². The molecule has 0 spiro atoms. The predicted octanol–water partition coefficient (Wildman–Crippen LogP) is 3.98. The molecule has 4 heteroatoms. The highest BCUT2D eigenvalue weighted by Crippen LogP contribution is 2.42. The van der Waals surface area contributed by atoms with Crippen LogP contribution in [-0.2, 0) is 13.5 Å². The lowest BCUT2D eigenvalue weighted by molar-refractivity contribution is 0.217. The normalized spacial score (nSPS) is 19.4. The van der Waals surface area contributed by atoms with Crippen molar-refractivity contribution in [1.82, 2.24) is 15.1 Å². The van der Waals surface area contributed by atoms with Gasteiger partial charge in [0.25, 0.3) is 0 Å². The first-order chi connectivity index (χ1) is 9.48. The number of nitrogens with one attached hydrogen (secondary N) is 1. The van der Waals surface area contributed by atoms with Crippen LogP contribution in [0, 0.1) is 12.3 Å². The van der Waals surface area contributed by atoms with E-state index < -0.39 is 0 Å². The highest BCUT2D eigenvalue weighted by Gasteiger charge is 2.37. The highest BCUT2D eigenvalue weighted by atomic mass is 79.9. The van der Waals surface area contributed by atoms with Crippen LogP contribution < -0.4 is 5.32 Å². The molecule has 1 atom stereocenters. The van der Waals surface area contributed by atoms with E-state index in [-0.39, 0.29) is 0 Å². The number of halogens is 1. The molecule has 2 rings (SSSR count). The third kappa shape index (κ3) is 3.28. The molecule has 0 bridgehead atoms. The Morgan fingerprint density at radius 2 is 2.05 bits per heavy atom. The Labute approximate surface area is 131 Å². The van der Waals surface area contributed by atoms with Gasteiger partial charge in [-0.15, -0.1) is 0 Å². The van der Waals surface area contributed by atoms with Gasteiger partial charge in [-0.25, -0.2) is 0 Å². The van der Waals surface area contributed by atoms with Crippen molar-refractivity contribution in [3.63, 3.8) is 0 Å². The van der Waals surface area contributed by atoms with Crippen molar-refractivity contribution in [2.24, 2.45) is 12.5 Å². The molecule has 1 aliphatic carbocycles. The lowest BCUT2D eigenvalue weighted by Crippen LogP contribution is -2.44. The molecule has 1 aromatic heterocycles. The Morgan fingerprint density at radius 1 is 1.40 bits per heavy atom. The Balaban J connectivity index is 2.19. The first-order valence-corrected chi connectivity index (χ1v) is 8.68. The van der Waals surface area contributed by atoms with E-state index in [4.69, 9.17) is 0 Å². The first kappa shape index (κ1) is 16.0. The summed E-state index contributed by atoms with van der Waals surface area (Å²) in [5.41, 5.74) is 2.85. The number of hydrogen-bond acceptors (Lipinski definition) is 2. The fourth-order valence-electron chi connectivity index (χ4n) is 3.51. The fraction of sp³-hybridized carbons (Fsp3) is 0.812. The quantitative estimate of drug-likeness (QED) is 0.847. The lowest BCUT2D eigenvalue weighted by Gasteiger charge is -2.35. The van der Waals surface area contributed by atoms with Crippen LogP contribution in [0.15, 0.2) is 4.47 Å². The Morgan fingerprint density at radius 3 is 2.55 bits per heavy atom. The molecular weight excluding hydrogens is 314 g/mol. The third-order valence-corrected chi connectivity index (χ3v) is 5.92. The van der Waals surface area contributed by atoms with E-state index in [1.54, 1.807) is 0 Å². The van der Waals surface area contributed by atoms with Crippen molar-refractivity contribution in [2.75, 3.05) is 6.54 Å². The predicted molar refractivity (Wildman–Crippen MR) is 88.0 cm³/mol. The van der Waals surface area contributed by atoms with Crippen LogP contribution in [-0.4, -0.2) is 22.4 Å². The van der Waals surface area contributed by atoms with Crippen molar-refractivity contribution in [2.45, 2.75) is 65.3 Å². The number of hydrogen-bond donors (Lipinski definition) is 1. The van der Waals surface area contributed by atoms with Crippen LogP contribution >= 0.6 is 15.9 Å². The van der Waals surface area contributed by atoms with Crippen molar-refractivity contribution in [3.05, 3.63) is 15.9 Å². The van der Waals surface area contributed by atoms with E-state index in [1.807, 2.05) is 4.68 Å². The van der Waals surface area contributed by atoms with E-state index in [2.05, 4.69) is 54.2 Å². The van der Waals surface area contributed by atoms with Gasteiger partial charge in [-0.05, 0) is 54.1 Å². The van der Waals surface area contributed by atoms with Crippen LogP contribution in [0.5, 0.6) is 0 Å². The van der Waals surface area contributed by atoms with E-state index >= 15 is 0 Å². The standard InChI is InChI=1S/C16H28BrN3/c1-5-10-18-14(16(3)8-6-7-9-16)11-13-15(17)12(2)19-20(13)4/h14,18H,5-11H2,1-4H3. The summed E-state index contributed by atoms with van der Waals surface area (Å²) in [6, 6.07) is 0.552. The average Bonchev–Trinajstić information content (AvgIpc) is 2.94. The van der Waals surface area contributed by atoms with Gasteiger partial charge in [0, 0.05) is 19.5 Å². The Hall–Kier alpha value is -0.350. The van der Waals surface area contributed by atoms with Gasteiger partial charge in [-0.2, -0.15) is 5.10 Å².